The number of thioether (sulfide) groups is 1. The van der Waals surface area contributed by atoms with Gasteiger partial charge in [0.2, 0.25) is 5.91 Å². The van der Waals surface area contributed by atoms with Crippen molar-refractivity contribution in [3.8, 4) is 17.1 Å². The number of carbonyl (C=O) groups is 1. The Morgan fingerprint density at radius 2 is 1.79 bits per heavy atom. The molecule has 164 valence electrons. The van der Waals surface area contributed by atoms with E-state index in [0.29, 0.717) is 16.7 Å². The summed E-state index contributed by atoms with van der Waals surface area (Å²) < 4.78 is 15.4. The lowest BCUT2D eigenvalue weighted by Crippen LogP contribution is -2.15. The smallest absolute Gasteiger partial charge is 0.234 e. The number of para-hydroxylation sites is 2. The number of nitrogens with one attached hydrogen (secondary N) is 2. The van der Waals surface area contributed by atoms with Gasteiger partial charge in [-0.2, -0.15) is 0 Å². The van der Waals surface area contributed by atoms with Crippen LogP contribution >= 0.6 is 11.8 Å². The molecule has 0 aliphatic heterocycles. The van der Waals surface area contributed by atoms with Gasteiger partial charge in [-0.1, -0.05) is 48.2 Å². The van der Waals surface area contributed by atoms with Crippen LogP contribution in [-0.2, 0) is 4.79 Å². The number of benzene rings is 3. The second kappa shape index (κ2) is 8.91. The topological polar surface area (TPSA) is 75.6 Å². The molecule has 0 bridgehead atoms. The standard InChI is InChI=1S/C25H20FN5OS/c1-16-6-2-4-8-21(16)28-23(32)15-33-25-30-29-24(31(25)18-12-10-17(26)11-13-18)20-14-27-22-9-5-3-7-19(20)22/h2-14,27H,15H2,1H3,(H,28,32). The largest absolute Gasteiger partial charge is 0.360 e. The lowest BCUT2D eigenvalue weighted by atomic mass is 10.1. The Kier molecular flexibility index (Phi) is 5.66. The number of hydrogen-bond donors (Lipinski definition) is 2. The van der Waals surface area contributed by atoms with Crippen molar-refractivity contribution in [3.63, 3.8) is 0 Å². The number of rotatable bonds is 6. The highest BCUT2D eigenvalue weighted by molar-refractivity contribution is 7.99. The molecule has 0 aliphatic carbocycles. The van der Waals surface area contributed by atoms with Gasteiger partial charge in [0.25, 0.3) is 0 Å². The number of amides is 1. The van der Waals surface area contributed by atoms with E-state index in [2.05, 4.69) is 20.5 Å². The summed E-state index contributed by atoms with van der Waals surface area (Å²) in [6, 6.07) is 21.7. The van der Waals surface area contributed by atoms with E-state index in [-0.39, 0.29) is 17.5 Å². The Morgan fingerprint density at radius 1 is 1.03 bits per heavy atom. The number of nitrogens with zero attached hydrogens (tertiary/aromatic N) is 3. The van der Waals surface area contributed by atoms with E-state index in [1.165, 1.54) is 23.9 Å². The average molecular weight is 458 g/mol. The Bertz CT molecular complexity index is 1440. The van der Waals surface area contributed by atoms with Gasteiger partial charge < -0.3 is 10.3 Å². The number of halogens is 1. The predicted molar refractivity (Wildman–Crippen MR) is 129 cm³/mol. The molecule has 0 fully saturated rings. The van der Waals surface area contributed by atoms with Crippen molar-refractivity contribution in [2.75, 3.05) is 11.1 Å². The summed E-state index contributed by atoms with van der Waals surface area (Å²) in [6.45, 7) is 1.95. The second-order valence-electron chi connectivity index (χ2n) is 7.52. The summed E-state index contributed by atoms with van der Waals surface area (Å²) in [5, 5.41) is 13.3. The summed E-state index contributed by atoms with van der Waals surface area (Å²) in [5.74, 6) is 0.298. The number of fused-ring (bicyclic) bond motifs is 1. The first-order chi connectivity index (χ1) is 16.1. The van der Waals surface area contributed by atoms with Crippen LogP contribution in [0.5, 0.6) is 0 Å². The molecule has 8 heteroatoms. The van der Waals surface area contributed by atoms with Crippen molar-refractivity contribution in [3.05, 3.63) is 90.4 Å². The van der Waals surface area contributed by atoms with E-state index in [1.807, 2.05) is 66.2 Å². The quantitative estimate of drug-likeness (QED) is 0.326. The molecule has 0 unspecified atom stereocenters. The van der Waals surface area contributed by atoms with Crippen molar-refractivity contribution < 1.29 is 9.18 Å². The van der Waals surface area contributed by atoms with Gasteiger partial charge in [0, 0.05) is 34.0 Å². The Morgan fingerprint density at radius 3 is 2.61 bits per heavy atom. The van der Waals surface area contributed by atoms with Gasteiger partial charge in [-0.3, -0.25) is 9.36 Å². The number of aryl methyl sites for hydroxylation is 1. The summed E-state index contributed by atoms with van der Waals surface area (Å²) in [5.41, 5.74) is 4.34. The minimum atomic E-state index is -0.327. The third kappa shape index (κ3) is 4.25. The van der Waals surface area contributed by atoms with Crippen LogP contribution in [0.1, 0.15) is 5.56 Å². The molecule has 5 aromatic rings. The summed E-state index contributed by atoms with van der Waals surface area (Å²) in [7, 11) is 0. The first-order valence-electron chi connectivity index (χ1n) is 10.4. The minimum Gasteiger partial charge on any atom is -0.360 e. The van der Waals surface area contributed by atoms with E-state index in [1.54, 1.807) is 12.1 Å². The third-order valence-corrected chi connectivity index (χ3v) is 6.23. The molecule has 0 aliphatic rings. The van der Waals surface area contributed by atoms with E-state index in [0.717, 1.165) is 27.7 Å². The molecular weight excluding hydrogens is 437 g/mol. The summed E-state index contributed by atoms with van der Waals surface area (Å²) in [4.78, 5) is 15.9. The van der Waals surface area contributed by atoms with E-state index < -0.39 is 0 Å². The maximum Gasteiger partial charge on any atom is 0.234 e. The zero-order valence-electron chi connectivity index (χ0n) is 17.7. The first-order valence-corrected chi connectivity index (χ1v) is 11.3. The molecule has 3 aromatic carbocycles. The number of carbonyl (C=O) groups excluding carboxylic acids is 1. The zero-order chi connectivity index (χ0) is 22.8. The first kappa shape index (κ1) is 21.0. The van der Waals surface area contributed by atoms with Crippen LogP contribution in [-0.4, -0.2) is 31.4 Å². The SMILES string of the molecule is Cc1ccccc1NC(=O)CSc1nnc(-c2c[nH]c3ccccc23)n1-c1ccc(F)cc1. The van der Waals surface area contributed by atoms with Crippen LogP contribution in [0.2, 0.25) is 0 Å². The number of aromatic nitrogens is 4. The lowest BCUT2D eigenvalue weighted by molar-refractivity contribution is -0.113. The van der Waals surface area contributed by atoms with Gasteiger partial charge >= 0.3 is 0 Å². The van der Waals surface area contributed by atoms with Crippen molar-refractivity contribution >= 4 is 34.3 Å². The van der Waals surface area contributed by atoms with Crippen LogP contribution in [0.3, 0.4) is 0 Å². The fraction of sp³-hybridized carbons (Fsp3) is 0.0800. The fourth-order valence-corrected chi connectivity index (χ4v) is 4.40. The van der Waals surface area contributed by atoms with Crippen LogP contribution < -0.4 is 5.32 Å². The van der Waals surface area contributed by atoms with Gasteiger partial charge in [-0.25, -0.2) is 4.39 Å². The zero-order valence-corrected chi connectivity index (χ0v) is 18.6. The highest BCUT2D eigenvalue weighted by atomic mass is 32.2. The maximum absolute atomic E-state index is 13.6. The van der Waals surface area contributed by atoms with Crippen molar-refractivity contribution in [1.82, 2.24) is 19.7 Å². The molecule has 0 saturated carbocycles. The monoisotopic (exact) mass is 457 g/mol. The highest BCUT2D eigenvalue weighted by Crippen LogP contribution is 2.32. The normalized spacial score (nSPS) is 11.1. The number of hydrogen-bond acceptors (Lipinski definition) is 4. The molecule has 0 spiro atoms. The van der Waals surface area contributed by atoms with E-state index >= 15 is 0 Å². The van der Waals surface area contributed by atoms with Gasteiger partial charge in [0.15, 0.2) is 11.0 Å². The van der Waals surface area contributed by atoms with E-state index in [9.17, 15) is 9.18 Å². The Balaban J connectivity index is 1.48. The van der Waals surface area contributed by atoms with Crippen molar-refractivity contribution in [2.24, 2.45) is 0 Å². The Hall–Kier alpha value is -3.91. The van der Waals surface area contributed by atoms with Crippen LogP contribution in [0, 0.1) is 12.7 Å². The second-order valence-corrected chi connectivity index (χ2v) is 8.46. The number of aromatic amines is 1. The van der Waals surface area contributed by atoms with Crippen molar-refractivity contribution in [2.45, 2.75) is 12.1 Å². The maximum atomic E-state index is 13.6. The summed E-state index contributed by atoms with van der Waals surface area (Å²) in [6.07, 6.45) is 1.88. The van der Waals surface area contributed by atoms with Crippen LogP contribution in [0.4, 0.5) is 10.1 Å². The molecule has 0 radical (unpaired) electrons. The fourth-order valence-electron chi connectivity index (χ4n) is 3.65. The highest BCUT2D eigenvalue weighted by Gasteiger charge is 2.20. The molecule has 0 saturated heterocycles. The molecular formula is C25H20FN5OS. The molecule has 1 amide bonds. The summed E-state index contributed by atoms with van der Waals surface area (Å²) >= 11 is 1.28. The minimum absolute atomic E-state index is 0.142. The van der Waals surface area contributed by atoms with Crippen molar-refractivity contribution in [1.29, 1.82) is 0 Å². The van der Waals surface area contributed by atoms with Crippen LogP contribution in [0.15, 0.2) is 84.1 Å². The molecule has 6 nitrogen and oxygen atoms in total. The van der Waals surface area contributed by atoms with Gasteiger partial charge in [-0.15, -0.1) is 10.2 Å². The van der Waals surface area contributed by atoms with Gasteiger partial charge in [-0.05, 0) is 48.9 Å². The molecule has 0 atom stereocenters. The van der Waals surface area contributed by atoms with E-state index in [4.69, 9.17) is 0 Å². The number of H-pyrrole nitrogens is 1. The average Bonchev–Trinajstić information content (AvgIpc) is 3.44. The van der Waals surface area contributed by atoms with Crippen LogP contribution in [0.25, 0.3) is 28.0 Å². The Labute approximate surface area is 193 Å². The molecule has 2 heterocycles. The third-order valence-electron chi connectivity index (χ3n) is 5.30. The lowest BCUT2D eigenvalue weighted by Gasteiger charge is -2.11. The molecule has 5 rings (SSSR count). The molecule has 33 heavy (non-hydrogen) atoms. The molecule has 2 aromatic heterocycles. The van der Waals surface area contributed by atoms with Gasteiger partial charge in [0.05, 0.1) is 5.75 Å². The number of anilines is 1. The van der Waals surface area contributed by atoms with Gasteiger partial charge in [0.1, 0.15) is 5.82 Å². The molecule has 2 N–H and O–H groups in total. The predicted octanol–water partition coefficient (Wildman–Crippen LogP) is 5.59.